The molecule has 0 heterocycles. The second kappa shape index (κ2) is 5.93. The fourth-order valence-corrected chi connectivity index (χ4v) is 1.66. The predicted molar refractivity (Wildman–Crippen MR) is 61.7 cm³/mol. The number of aryl methyl sites for hydroxylation is 1. The highest BCUT2D eigenvalue weighted by Gasteiger charge is 2.13. The summed E-state index contributed by atoms with van der Waals surface area (Å²) in [4.78, 5) is 10.4. The molecule has 0 radical (unpaired) electrons. The first-order valence-corrected chi connectivity index (χ1v) is 5.64. The van der Waals surface area contributed by atoms with Crippen molar-refractivity contribution in [3.63, 3.8) is 0 Å². The van der Waals surface area contributed by atoms with E-state index >= 15 is 0 Å². The summed E-state index contributed by atoms with van der Waals surface area (Å²) >= 11 is 11.2. The fourth-order valence-electron chi connectivity index (χ4n) is 1.36. The van der Waals surface area contributed by atoms with Gasteiger partial charge in [0.05, 0.1) is 4.92 Å². The maximum atomic E-state index is 10.7. The molecule has 0 aliphatic heterocycles. The SMILES string of the molecule is O=[N+]([O-])c1ccc(CCl)cc1CCCCl. The van der Waals surface area contributed by atoms with Crippen LogP contribution in [0.5, 0.6) is 0 Å². The first-order valence-electron chi connectivity index (χ1n) is 4.57. The predicted octanol–water partition coefficient (Wildman–Crippen LogP) is 3.51. The van der Waals surface area contributed by atoms with Crippen LogP contribution in [0.15, 0.2) is 18.2 Å². The Morgan fingerprint density at radius 2 is 2.07 bits per heavy atom. The number of alkyl halides is 2. The third-order valence-corrected chi connectivity index (χ3v) is 2.65. The molecule has 1 aromatic rings. The molecule has 0 atom stereocenters. The van der Waals surface area contributed by atoms with Gasteiger partial charge >= 0.3 is 0 Å². The van der Waals surface area contributed by atoms with Crippen molar-refractivity contribution in [1.29, 1.82) is 0 Å². The van der Waals surface area contributed by atoms with Crippen LogP contribution in [0.25, 0.3) is 0 Å². The Morgan fingerprint density at radius 3 is 2.60 bits per heavy atom. The van der Waals surface area contributed by atoms with Gasteiger partial charge in [-0.3, -0.25) is 10.1 Å². The molecular formula is C10H11Cl2NO2. The minimum Gasteiger partial charge on any atom is -0.258 e. The molecule has 0 unspecified atom stereocenters. The Hall–Kier alpha value is -0.800. The van der Waals surface area contributed by atoms with Crippen LogP contribution < -0.4 is 0 Å². The van der Waals surface area contributed by atoms with Gasteiger partial charge in [0, 0.05) is 23.4 Å². The number of hydrogen-bond donors (Lipinski definition) is 0. The zero-order valence-electron chi connectivity index (χ0n) is 8.08. The van der Waals surface area contributed by atoms with Crippen molar-refractivity contribution < 1.29 is 4.92 Å². The number of benzene rings is 1. The van der Waals surface area contributed by atoms with E-state index in [0.717, 1.165) is 12.0 Å². The third kappa shape index (κ3) is 3.36. The number of halogens is 2. The lowest BCUT2D eigenvalue weighted by atomic mass is 10.1. The number of nitro benzene ring substituents is 1. The Morgan fingerprint density at radius 1 is 1.33 bits per heavy atom. The summed E-state index contributed by atoms with van der Waals surface area (Å²) in [5, 5.41) is 10.7. The summed E-state index contributed by atoms with van der Waals surface area (Å²) in [6.07, 6.45) is 1.35. The minimum atomic E-state index is -0.373. The lowest BCUT2D eigenvalue weighted by Gasteiger charge is -2.03. The molecule has 15 heavy (non-hydrogen) atoms. The molecule has 0 aliphatic rings. The first kappa shape index (κ1) is 12.3. The van der Waals surface area contributed by atoms with Gasteiger partial charge in [0.2, 0.25) is 0 Å². The normalized spacial score (nSPS) is 10.3. The van der Waals surface area contributed by atoms with Crippen molar-refractivity contribution in [3.8, 4) is 0 Å². The quantitative estimate of drug-likeness (QED) is 0.454. The van der Waals surface area contributed by atoms with E-state index in [1.807, 2.05) is 0 Å². The zero-order valence-corrected chi connectivity index (χ0v) is 9.59. The van der Waals surface area contributed by atoms with Crippen molar-refractivity contribution in [2.45, 2.75) is 18.7 Å². The van der Waals surface area contributed by atoms with Crippen LogP contribution in [0.3, 0.4) is 0 Å². The Balaban J connectivity index is 2.99. The highest BCUT2D eigenvalue weighted by molar-refractivity contribution is 6.17. The molecule has 0 saturated heterocycles. The van der Waals surface area contributed by atoms with Crippen molar-refractivity contribution in [2.75, 3.05) is 5.88 Å². The lowest BCUT2D eigenvalue weighted by molar-refractivity contribution is -0.385. The van der Waals surface area contributed by atoms with Crippen LogP contribution >= 0.6 is 23.2 Å². The maximum Gasteiger partial charge on any atom is 0.272 e. The van der Waals surface area contributed by atoms with Crippen LogP contribution in [0.4, 0.5) is 5.69 Å². The van der Waals surface area contributed by atoms with Gasteiger partial charge in [0.25, 0.3) is 5.69 Å². The second-order valence-electron chi connectivity index (χ2n) is 3.15. The van der Waals surface area contributed by atoms with Crippen molar-refractivity contribution in [2.24, 2.45) is 0 Å². The standard InChI is InChI=1S/C10H11Cl2NO2/c11-5-1-2-9-6-8(7-12)3-4-10(9)13(14)15/h3-4,6H,1-2,5,7H2. The molecule has 3 nitrogen and oxygen atoms in total. The first-order chi connectivity index (χ1) is 7.19. The van der Waals surface area contributed by atoms with Crippen LogP contribution in [0, 0.1) is 10.1 Å². The average Bonchev–Trinajstić information content (AvgIpc) is 2.25. The average molecular weight is 248 g/mol. The summed E-state index contributed by atoms with van der Waals surface area (Å²) in [5.41, 5.74) is 1.75. The summed E-state index contributed by atoms with van der Waals surface area (Å²) in [5.74, 6) is 0.869. The van der Waals surface area contributed by atoms with Gasteiger partial charge in [0.1, 0.15) is 0 Å². The number of nitro groups is 1. The molecule has 0 amide bonds. The van der Waals surface area contributed by atoms with Gasteiger partial charge in [-0.25, -0.2) is 0 Å². The van der Waals surface area contributed by atoms with Crippen molar-refractivity contribution in [1.82, 2.24) is 0 Å². The van der Waals surface area contributed by atoms with E-state index in [9.17, 15) is 10.1 Å². The molecule has 0 spiro atoms. The molecule has 0 aliphatic carbocycles. The Bertz CT molecular complexity index is 355. The van der Waals surface area contributed by atoms with E-state index in [0.29, 0.717) is 23.7 Å². The summed E-state index contributed by atoms with van der Waals surface area (Å²) in [6.45, 7) is 0. The van der Waals surface area contributed by atoms with Crippen LogP contribution in [0.2, 0.25) is 0 Å². The molecule has 1 aromatic carbocycles. The fraction of sp³-hybridized carbons (Fsp3) is 0.400. The Kier molecular flexibility index (Phi) is 4.85. The largest absolute Gasteiger partial charge is 0.272 e. The van der Waals surface area contributed by atoms with Crippen molar-refractivity contribution in [3.05, 3.63) is 39.4 Å². The maximum absolute atomic E-state index is 10.7. The zero-order chi connectivity index (χ0) is 11.3. The van der Waals surface area contributed by atoms with E-state index in [4.69, 9.17) is 23.2 Å². The highest BCUT2D eigenvalue weighted by Crippen LogP contribution is 2.22. The lowest BCUT2D eigenvalue weighted by Crippen LogP contribution is -1.97. The van der Waals surface area contributed by atoms with E-state index in [2.05, 4.69) is 0 Å². The second-order valence-corrected chi connectivity index (χ2v) is 3.79. The van der Waals surface area contributed by atoms with Gasteiger partial charge in [0.15, 0.2) is 0 Å². The molecule has 1 rings (SSSR count). The molecule has 82 valence electrons. The van der Waals surface area contributed by atoms with Gasteiger partial charge in [-0.1, -0.05) is 6.07 Å². The molecule has 0 saturated carbocycles. The highest BCUT2D eigenvalue weighted by atomic mass is 35.5. The van der Waals surface area contributed by atoms with E-state index in [1.54, 1.807) is 12.1 Å². The van der Waals surface area contributed by atoms with Crippen LogP contribution in [0.1, 0.15) is 17.5 Å². The summed E-state index contributed by atoms with van der Waals surface area (Å²) in [7, 11) is 0. The van der Waals surface area contributed by atoms with Gasteiger partial charge in [-0.2, -0.15) is 0 Å². The molecule has 0 N–H and O–H groups in total. The van der Waals surface area contributed by atoms with Crippen LogP contribution in [-0.4, -0.2) is 10.8 Å². The van der Waals surface area contributed by atoms with Gasteiger partial charge in [-0.05, 0) is 24.5 Å². The molecule has 0 bridgehead atoms. The van der Waals surface area contributed by atoms with Crippen molar-refractivity contribution >= 4 is 28.9 Å². The van der Waals surface area contributed by atoms with E-state index < -0.39 is 0 Å². The van der Waals surface area contributed by atoms with E-state index in [1.165, 1.54) is 6.07 Å². The van der Waals surface area contributed by atoms with E-state index in [-0.39, 0.29) is 10.6 Å². The number of nitrogens with zero attached hydrogens (tertiary/aromatic N) is 1. The van der Waals surface area contributed by atoms with Gasteiger partial charge in [-0.15, -0.1) is 23.2 Å². The van der Waals surface area contributed by atoms with Crippen LogP contribution in [-0.2, 0) is 12.3 Å². The molecular weight excluding hydrogens is 237 g/mol. The minimum absolute atomic E-state index is 0.147. The molecule has 0 fully saturated rings. The third-order valence-electron chi connectivity index (χ3n) is 2.07. The topological polar surface area (TPSA) is 43.1 Å². The number of rotatable bonds is 5. The summed E-state index contributed by atoms with van der Waals surface area (Å²) < 4.78 is 0. The number of hydrogen-bond acceptors (Lipinski definition) is 2. The molecule has 0 aromatic heterocycles. The smallest absolute Gasteiger partial charge is 0.258 e. The summed E-state index contributed by atoms with van der Waals surface area (Å²) in [6, 6.07) is 4.95. The molecule has 5 heteroatoms. The van der Waals surface area contributed by atoms with Gasteiger partial charge < -0.3 is 0 Å². The Labute approximate surface area is 98.2 Å². The monoisotopic (exact) mass is 247 g/mol.